The van der Waals surface area contributed by atoms with Crippen molar-refractivity contribution in [2.75, 3.05) is 22.9 Å². The summed E-state index contributed by atoms with van der Waals surface area (Å²) < 4.78 is 5.45. The highest BCUT2D eigenvalue weighted by molar-refractivity contribution is 6.05. The van der Waals surface area contributed by atoms with Gasteiger partial charge in [0.15, 0.2) is 0 Å². The second-order valence-electron chi connectivity index (χ2n) is 8.91. The second kappa shape index (κ2) is 7.58. The van der Waals surface area contributed by atoms with Crippen LogP contribution in [-0.4, -0.2) is 35.0 Å². The topological polar surface area (TPSA) is 79.5 Å². The van der Waals surface area contributed by atoms with Crippen molar-refractivity contribution in [2.45, 2.75) is 38.0 Å². The Bertz CT molecular complexity index is 1200. The molecule has 3 heterocycles. The van der Waals surface area contributed by atoms with E-state index in [4.69, 9.17) is 4.52 Å². The third-order valence-electron chi connectivity index (χ3n) is 6.94. The minimum Gasteiger partial charge on any atom is -0.339 e. The van der Waals surface area contributed by atoms with Crippen LogP contribution in [0.15, 0.2) is 53.1 Å². The molecule has 7 heteroatoms. The third-order valence-corrected chi connectivity index (χ3v) is 6.94. The Kier molecular flexibility index (Phi) is 4.56. The Morgan fingerprint density at radius 2 is 1.97 bits per heavy atom. The van der Waals surface area contributed by atoms with Crippen LogP contribution in [0.5, 0.6) is 0 Å². The van der Waals surface area contributed by atoms with Gasteiger partial charge in [-0.3, -0.25) is 9.59 Å². The number of carbonyl (C=O) groups is 2. The summed E-state index contributed by atoms with van der Waals surface area (Å²) in [6.07, 6.45) is 4.50. The zero-order valence-electron chi connectivity index (χ0n) is 17.7. The van der Waals surface area contributed by atoms with E-state index in [0.29, 0.717) is 30.7 Å². The summed E-state index contributed by atoms with van der Waals surface area (Å²) in [7, 11) is 0. The summed E-state index contributed by atoms with van der Waals surface area (Å²) in [5.74, 6) is 1.28. The van der Waals surface area contributed by atoms with Gasteiger partial charge in [-0.2, -0.15) is 4.98 Å². The molecule has 1 aromatic heterocycles. The van der Waals surface area contributed by atoms with Gasteiger partial charge < -0.3 is 14.3 Å². The van der Waals surface area contributed by atoms with E-state index in [2.05, 4.69) is 16.2 Å². The van der Waals surface area contributed by atoms with Gasteiger partial charge in [0.1, 0.15) is 0 Å². The fourth-order valence-electron chi connectivity index (χ4n) is 4.90. The first kappa shape index (κ1) is 19.2. The standard InChI is InChI=1S/C25H24N4O3/c30-22-14-19(25(31)28-12-11-16-5-1-2-10-21(16)28)15-29(22)20-9-4-8-18(13-20)23-26-24(32-27-23)17-6-3-7-17/h1-2,4-5,8-10,13,17,19H,3,6-7,11-12,14-15H2/t19-/m0/s1. The van der Waals surface area contributed by atoms with Crippen LogP contribution in [0.3, 0.4) is 0 Å². The zero-order chi connectivity index (χ0) is 21.7. The third kappa shape index (κ3) is 3.20. The Morgan fingerprint density at radius 1 is 1.09 bits per heavy atom. The lowest BCUT2D eigenvalue weighted by Crippen LogP contribution is -2.36. The summed E-state index contributed by atoms with van der Waals surface area (Å²) >= 11 is 0. The Balaban J connectivity index is 1.20. The number of hydrogen-bond acceptors (Lipinski definition) is 5. The monoisotopic (exact) mass is 428 g/mol. The van der Waals surface area contributed by atoms with Gasteiger partial charge in [0.05, 0.1) is 5.92 Å². The minimum absolute atomic E-state index is 0.0312. The lowest BCUT2D eigenvalue weighted by molar-refractivity contribution is -0.124. The first-order valence-corrected chi connectivity index (χ1v) is 11.3. The van der Waals surface area contributed by atoms with E-state index >= 15 is 0 Å². The molecule has 3 aliphatic rings. The summed E-state index contributed by atoms with van der Waals surface area (Å²) in [4.78, 5) is 34.2. The van der Waals surface area contributed by atoms with Gasteiger partial charge in [0.2, 0.25) is 23.5 Å². The molecule has 3 aromatic rings. The van der Waals surface area contributed by atoms with Gasteiger partial charge >= 0.3 is 0 Å². The van der Waals surface area contributed by atoms with Crippen LogP contribution >= 0.6 is 0 Å². The van der Waals surface area contributed by atoms with Crippen LogP contribution < -0.4 is 9.80 Å². The molecule has 2 fully saturated rings. The van der Waals surface area contributed by atoms with E-state index in [1.54, 1.807) is 4.90 Å². The number of aromatic nitrogens is 2. The van der Waals surface area contributed by atoms with E-state index < -0.39 is 0 Å². The molecule has 0 spiro atoms. The summed E-state index contributed by atoms with van der Waals surface area (Å²) in [5.41, 5.74) is 3.74. The number of amides is 2. The van der Waals surface area contributed by atoms with E-state index in [1.807, 2.05) is 47.4 Å². The molecule has 2 aliphatic heterocycles. The highest BCUT2D eigenvalue weighted by atomic mass is 16.5. The van der Waals surface area contributed by atoms with Crippen LogP contribution in [0.4, 0.5) is 11.4 Å². The SMILES string of the molecule is O=C1C[C@H](C(=O)N2CCc3ccccc32)CN1c1cccc(-c2noc(C3CCC3)n2)c1. The smallest absolute Gasteiger partial charge is 0.232 e. The summed E-state index contributed by atoms with van der Waals surface area (Å²) in [6.45, 7) is 1.07. The van der Waals surface area contributed by atoms with E-state index in [0.717, 1.165) is 36.2 Å². The molecule has 0 bridgehead atoms. The van der Waals surface area contributed by atoms with Gasteiger partial charge in [-0.1, -0.05) is 41.9 Å². The number of benzene rings is 2. The van der Waals surface area contributed by atoms with Crippen molar-refractivity contribution in [3.63, 3.8) is 0 Å². The molecule has 2 aromatic carbocycles. The van der Waals surface area contributed by atoms with Crippen molar-refractivity contribution in [3.8, 4) is 11.4 Å². The van der Waals surface area contributed by atoms with Gasteiger partial charge in [-0.05, 0) is 43.0 Å². The number of hydrogen-bond donors (Lipinski definition) is 0. The highest BCUT2D eigenvalue weighted by Crippen LogP contribution is 2.37. The normalized spacial score (nSPS) is 20.5. The maximum absolute atomic E-state index is 13.2. The first-order chi connectivity index (χ1) is 15.7. The van der Waals surface area contributed by atoms with Crippen molar-refractivity contribution >= 4 is 23.2 Å². The Labute approximate surface area is 186 Å². The van der Waals surface area contributed by atoms with Crippen LogP contribution in [0.1, 0.15) is 43.1 Å². The van der Waals surface area contributed by atoms with Crippen molar-refractivity contribution in [1.29, 1.82) is 0 Å². The number of para-hydroxylation sites is 1. The fraction of sp³-hybridized carbons (Fsp3) is 0.360. The molecule has 1 saturated carbocycles. The molecule has 0 N–H and O–H groups in total. The average molecular weight is 428 g/mol. The van der Waals surface area contributed by atoms with E-state index in [1.165, 1.54) is 12.0 Å². The number of fused-ring (bicyclic) bond motifs is 1. The highest BCUT2D eigenvalue weighted by Gasteiger charge is 2.39. The van der Waals surface area contributed by atoms with Gasteiger partial charge in [-0.15, -0.1) is 0 Å². The number of nitrogens with zero attached hydrogens (tertiary/aromatic N) is 4. The molecule has 1 saturated heterocycles. The Morgan fingerprint density at radius 3 is 2.81 bits per heavy atom. The molecule has 1 atom stereocenters. The predicted octanol–water partition coefficient (Wildman–Crippen LogP) is 3.95. The van der Waals surface area contributed by atoms with Gasteiger partial charge in [-0.25, -0.2) is 0 Å². The summed E-state index contributed by atoms with van der Waals surface area (Å²) in [6, 6.07) is 15.6. The van der Waals surface area contributed by atoms with E-state index in [-0.39, 0.29) is 24.2 Å². The molecular weight excluding hydrogens is 404 g/mol. The molecule has 1 aliphatic carbocycles. The predicted molar refractivity (Wildman–Crippen MR) is 119 cm³/mol. The number of rotatable bonds is 4. The largest absolute Gasteiger partial charge is 0.339 e. The van der Waals surface area contributed by atoms with Crippen LogP contribution in [0.25, 0.3) is 11.4 Å². The number of anilines is 2. The van der Waals surface area contributed by atoms with Gasteiger partial charge in [0, 0.05) is 42.4 Å². The number of carbonyl (C=O) groups excluding carboxylic acids is 2. The van der Waals surface area contributed by atoms with Crippen LogP contribution in [0, 0.1) is 5.92 Å². The van der Waals surface area contributed by atoms with Gasteiger partial charge in [0.25, 0.3) is 0 Å². The van der Waals surface area contributed by atoms with Crippen molar-refractivity contribution < 1.29 is 14.1 Å². The Hall–Kier alpha value is -3.48. The first-order valence-electron chi connectivity index (χ1n) is 11.3. The maximum atomic E-state index is 13.2. The quantitative estimate of drug-likeness (QED) is 0.629. The molecule has 162 valence electrons. The molecule has 0 radical (unpaired) electrons. The van der Waals surface area contributed by atoms with Crippen molar-refractivity contribution in [1.82, 2.24) is 10.1 Å². The molecule has 7 nitrogen and oxygen atoms in total. The molecule has 0 unspecified atom stereocenters. The minimum atomic E-state index is -0.340. The molecular formula is C25H24N4O3. The van der Waals surface area contributed by atoms with Crippen molar-refractivity contribution in [3.05, 3.63) is 60.0 Å². The van der Waals surface area contributed by atoms with Crippen LogP contribution in [0.2, 0.25) is 0 Å². The summed E-state index contributed by atoms with van der Waals surface area (Å²) in [5, 5.41) is 4.14. The molecule has 6 rings (SSSR count). The van der Waals surface area contributed by atoms with E-state index in [9.17, 15) is 9.59 Å². The van der Waals surface area contributed by atoms with Crippen LogP contribution in [-0.2, 0) is 16.0 Å². The zero-order valence-corrected chi connectivity index (χ0v) is 17.7. The lowest BCUT2D eigenvalue weighted by Gasteiger charge is -2.22. The molecule has 2 amide bonds. The lowest BCUT2D eigenvalue weighted by atomic mass is 9.85. The average Bonchev–Trinajstić information content (AvgIpc) is 3.50. The molecule has 32 heavy (non-hydrogen) atoms. The maximum Gasteiger partial charge on any atom is 0.232 e. The van der Waals surface area contributed by atoms with Crippen molar-refractivity contribution in [2.24, 2.45) is 5.92 Å². The second-order valence-corrected chi connectivity index (χ2v) is 8.91. The fourth-order valence-corrected chi connectivity index (χ4v) is 4.90.